The van der Waals surface area contributed by atoms with Crippen LogP contribution in [0, 0.1) is 19.8 Å². The zero-order valence-corrected chi connectivity index (χ0v) is 23.6. The van der Waals surface area contributed by atoms with Gasteiger partial charge in [0.2, 0.25) is 0 Å². The molecular formula is C32H45NO4. The van der Waals surface area contributed by atoms with Gasteiger partial charge in [-0.1, -0.05) is 19.1 Å². The number of hydrogen-bond acceptors (Lipinski definition) is 5. The van der Waals surface area contributed by atoms with E-state index in [1.807, 2.05) is 18.3 Å². The SMILES string of the molecule is COc1cccc([C@H]2C(CCC(=O)Cc3cnc4c(c3C)CCC[C@@H]4C)CC[C@H]2OCC(C)(C)O)c1C. The maximum absolute atomic E-state index is 13.2. The summed E-state index contributed by atoms with van der Waals surface area (Å²) in [5.41, 5.74) is 6.47. The van der Waals surface area contributed by atoms with E-state index in [1.54, 1.807) is 21.0 Å². The second-order valence-electron chi connectivity index (χ2n) is 12.0. The molecule has 0 radical (unpaired) electrons. The maximum Gasteiger partial charge on any atom is 0.137 e. The highest BCUT2D eigenvalue weighted by atomic mass is 16.5. The lowest BCUT2D eigenvalue weighted by molar-refractivity contribution is -0.118. The lowest BCUT2D eigenvalue weighted by Gasteiger charge is -2.29. The van der Waals surface area contributed by atoms with Gasteiger partial charge in [0.25, 0.3) is 0 Å². The largest absolute Gasteiger partial charge is 0.496 e. The molecule has 0 aliphatic heterocycles. The summed E-state index contributed by atoms with van der Waals surface area (Å²) in [5, 5.41) is 10.3. The number of carbonyl (C=O) groups excluding carboxylic acids is 1. The number of Topliss-reactive ketones (excluding diaryl/α,β-unsaturated/α-hetero) is 1. The highest BCUT2D eigenvalue weighted by Gasteiger charge is 2.39. The minimum atomic E-state index is -0.874. The highest BCUT2D eigenvalue weighted by Crippen LogP contribution is 2.46. The van der Waals surface area contributed by atoms with Crippen LogP contribution in [-0.2, 0) is 22.4 Å². The van der Waals surface area contributed by atoms with Gasteiger partial charge in [-0.25, -0.2) is 0 Å². The Bertz CT molecular complexity index is 1100. The Balaban J connectivity index is 1.47. The average Bonchev–Trinajstić information content (AvgIpc) is 3.26. The van der Waals surface area contributed by atoms with E-state index in [2.05, 4.69) is 26.8 Å². The summed E-state index contributed by atoms with van der Waals surface area (Å²) in [6.45, 7) is 10.4. The molecule has 1 unspecified atom stereocenters. The Morgan fingerprint density at radius 3 is 2.68 bits per heavy atom. The average molecular weight is 508 g/mol. The number of benzene rings is 1. The van der Waals surface area contributed by atoms with Gasteiger partial charge in [0, 0.05) is 30.7 Å². The second-order valence-corrected chi connectivity index (χ2v) is 12.0. The first-order chi connectivity index (χ1) is 17.6. The molecule has 1 aromatic carbocycles. The van der Waals surface area contributed by atoms with Gasteiger partial charge in [0.15, 0.2) is 0 Å². The molecule has 4 rings (SSSR count). The number of carbonyl (C=O) groups is 1. The van der Waals surface area contributed by atoms with E-state index in [-0.39, 0.29) is 17.8 Å². The molecule has 1 fully saturated rings. The van der Waals surface area contributed by atoms with Crippen LogP contribution in [0.15, 0.2) is 24.4 Å². The van der Waals surface area contributed by atoms with E-state index in [1.165, 1.54) is 35.2 Å². The predicted octanol–water partition coefficient (Wildman–Crippen LogP) is 6.39. The zero-order valence-electron chi connectivity index (χ0n) is 23.6. The van der Waals surface area contributed by atoms with Gasteiger partial charge in [-0.2, -0.15) is 0 Å². The van der Waals surface area contributed by atoms with Gasteiger partial charge in [0.05, 0.1) is 25.4 Å². The zero-order chi connectivity index (χ0) is 26.7. The van der Waals surface area contributed by atoms with Gasteiger partial charge >= 0.3 is 0 Å². The van der Waals surface area contributed by atoms with Gasteiger partial charge in [-0.15, -0.1) is 0 Å². The van der Waals surface area contributed by atoms with E-state index in [4.69, 9.17) is 14.5 Å². The van der Waals surface area contributed by atoms with Gasteiger partial charge in [-0.3, -0.25) is 9.78 Å². The predicted molar refractivity (Wildman–Crippen MR) is 148 cm³/mol. The molecule has 1 heterocycles. The quantitative estimate of drug-likeness (QED) is 0.404. The van der Waals surface area contributed by atoms with Crippen molar-refractivity contribution in [3.8, 4) is 5.75 Å². The number of rotatable bonds is 10. The molecule has 0 saturated heterocycles. The molecule has 0 spiro atoms. The number of aliphatic hydroxyl groups is 1. The Hall–Kier alpha value is -2.24. The molecule has 0 amide bonds. The van der Waals surface area contributed by atoms with Crippen molar-refractivity contribution in [2.45, 2.75) is 110 Å². The molecule has 37 heavy (non-hydrogen) atoms. The maximum atomic E-state index is 13.2. The van der Waals surface area contributed by atoms with Crippen LogP contribution in [0.3, 0.4) is 0 Å². The Morgan fingerprint density at radius 2 is 1.95 bits per heavy atom. The fraction of sp³-hybridized carbons (Fsp3) is 0.625. The molecule has 2 aliphatic carbocycles. The summed E-state index contributed by atoms with van der Waals surface area (Å²) in [5.74, 6) is 2.21. The van der Waals surface area contributed by atoms with Crippen molar-refractivity contribution in [3.63, 3.8) is 0 Å². The number of fused-ring (bicyclic) bond motifs is 1. The van der Waals surface area contributed by atoms with Crippen LogP contribution in [0.1, 0.15) is 105 Å². The number of aromatic nitrogens is 1. The first kappa shape index (κ1) is 27.8. The lowest BCUT2D eigenvalue weighted by Crippen LogP contribution is -2.31. The van der Waals surface area contributed by atoms with Crippen molar-refractivity contribution in [2.75, 3.05) is 13.7 Å². The number of methoxy groups -OCH3 is 1. The fourth-order valence-corrected chi connectivity index (χ4v) is 6.53. The molecule has 1 aromatic heterocycles. The van der Waals surface area contributed by atoms with Crippen molar-refractivity contribution >= 4 is 5.78 Å². The highest BCUT2D eigenvalue weighted by molar-refractivity contribution is 5.81. The minimum Gasteiger partial charge on any atom is -0.496 e. The van der Waals surface area contributed by atoms with Crippen molar-refractivity contribution in [1.29, 1.82) is 0 Å². The summed E-state index contributed by atoms with van der Waals surface area (Å²) < 4.78 is 11.9. The normalized spacial score (nSPS) is 23.6. The molecule has 5 heteroatoms. The molecule has 2 aromatic rings. The van der Waals surface area contributed by atoms with E-state index in [0.29, 0.717) is 31.3 Å². The van der Waals surface area contributed by atoms with Crippen molar-refractivity contribution in [2.24, 2.45) is 5.92 Å². The van der Waals surface area contributed by atoms with Crippen LogP contribution in [0.25, 0.3) is 0 Å². The molecule has 1 N–H and O–H groups in total. The van der Waals surface area contributed by atoms with Gasteiger partial charge in [-0.05, 0) is 112 Å². The van der Waals surface area contributed by atoms with E-state index < -0.39 is 5.60 Å². The molecular weight excluding hydrogens is 462 g/mol. The third-order valence-electron chi connectivity index (χ3n) is 8.60. The van der Waals surface area contributed by atoms with Crippen molar-refractivity contribution < 1.29 is 19.4 Å². The monoisotopic (exact) mass is 507 g/mol. The summed E-state index contributed by atoms with van der Waals surface area (Å²) in [6, 6.07) is 6.21. The van der Waals surface area contributed by atoms with Gasteiger partial charge < -0.3 is 14.6 Å². The third-order valence-corrected chi connectivity index (χ3v) is 8.60. The van der Waals surface area contributed by atoms with E-state index in [9.17, 15) is 9.90 Å². The topological polar surface area (TPSA) is 68.7 Å². The molecule has 4 atom stereocenters. The molecule has 1 saturated carbocycles. The summed E-state index contributed by atoms with van der Waals surface area (Å²) in [7, 11) is 1.71. The Kier molecular flexibility index (Phi) is 8.75. The first-order valence-electron chi connectivity index (χ1n) is 14.1. The van der Waals surface area contributed by atoms with Crippen LogP contribution in [-0.4, -0.2) is 41.3 Å². The number of hydrogen-bond donors (Lipinski definition) is 1. The van der Waals surface area contributed by atoms with Crippen LogP contribution in [0.2, 0.25) is 0 Å². The number of ether oxygens (including phenoxy) is 2. The third kappa shape index (κ3) is 6.43. The summed E-state index contributed by atoms with van der Waals surface area (Å²) in [6.07, 6.45) is 9.28. The van der Waals surface area contributed by atoms with Crippen LogP contribution in [0.4, 0.5) is 0 Å². The number of nitrogens with zero attached hydrogens (tertiary/aromatic N) is 1. The van der Waals surface area contributed by atoms with Gasteiger partial charge in [0.1, 0.15) is 11.5 Å². The second kappa shape index (κ2) is 11.7. The first-order valence-corrected chi connectivity index (χ1v) is 14.1. The summed E-state index contributed by atoms with van der Waals surface area (Å²) in [4.78, 5) is 18.0. The smallest absolute Gasteiger partial charge is 0.137 e. The lowest BCUT2D eigenvalue weighted by atomic mass is 9.81. The Morgan fingerprint density at radius 1 is 1.16 bits per heavy atom. The molecule has 202 valence electrons. The van der Waals surface area contributed by atoms with E-state index >= 15 is 0 Å². The number of ketones is 1. The number of pyridine rings is 1. The summed E-state index contributed by atoms with van der Waals surface area (Å²) >= 11 is 0. The standard InChI is InChI=1S/C32H45NO4/c1-20-9-7-11-27-21(2)24(18-33-31(20)27)17-25(34)15-13-23-14-16-29(37-19-32(4,5)35)30(23)26-10-8-12-28(36-6)22(26)3/h8,10,12,18,20,23,29-30,35H,7,9,11,13-17,19H2,1-6H3/t20-,23?,29+,30+/m0/s1. The van der Waals surface area contributed by atoms with Crippen LogP contribution >= 0.6 is 0 Å². The molecule has 5 nitrogen and oxygen atoms in total. The molecule has 0 bridgehead atoms. The minimum absolute atomic E-state index is 0.0198. The van der Waals surface area contributed by atoms with Crippen LogP contribution < -0.4 is 4.74 Å². The van der Waals surface area contributed by atoms with Crippen molar-refractivity contribution in [3.05, 3.63) is 57.9 Å². The van der Waals surface area contributed by atoms with Crippen LogP contribution in [0.5, 0.6) is 5.75 Å². The Labute approximate surface area is 223 Å². The van der Waals surface area contributed by atoms with E-state index in [0.717, 1.165) is 42.6 Å². The molecule has 2 aliphatic rings. The fourth-order valence-electron chi connectivity index (χ4n) is 6.53. The van der Waals surface area contributed by atoms with Crippen molar-refractivity contribution in [1.82, 2.24) is 4.98 Å².